The van der Waals surface area contributed by atoms with Gasteiger partial charge in [-0.1, -0.05) is 30.7 Å². The first-order chi connectivity index (χ1) is 15.2. The van der Waals surface area contributed by atoms with E-state index >= 15 is 0 Å². The number of hydrogen-bond acceptors (Lipinski definition) is 5. The fourth-order valence-electron chi connectivity index (χ4n) is 5.99. The van der Waals surface area contributed by atoms with Crippen molar-refractivity contribution in [2.45, 2.75) is 50.4 Å². The van der Waals surface area contributed by atoms with Gasteiger partial charge in [0, 0.05) is 20.2 Å². The first-order valence-corrected chi connectivity index (χ1v) is 11.5. The van der Waals surface area contributed by atoms with E-state index in [1.54, 1.807) is 36.2 Å². The molecule has 1 spiro atoms. The first-order valence-electron chi connectivity index (χ1n) is 11.1. The summed E-state index contributed by atoms with van der Waals surface area (Å²) in [7, 11) is 1.55. The van der Waals surface area contributed by atoms with Crippen LogP contribution in [-0.2, 0) is 19.1 Å². The predicted molar refractivity (Wildman–Crippen MR) is 119 cm³/mol. The summed E-state index contributed by atoms with van der Waals surface area (Å²) in [5.74, 6) is -2.30. The molecule has 9 heteroatoms. The highest BCUT2D eigenvalue weighted by molar-refractivity contribution is 6.33. The molecule has 1 aromatic carbocycles. The Morgan fingerprint density at radius 2 is 2.00 bits per heavy atom. The van der Waals surface area contributed by atoms with Gasteiger partial charge in [-0.05, 0) is 44.2 Å². The Hall–Kier alpha value is -2.16. The van der Waals surface area contributed by atoms with Crippen molar-refractivity contribution in [3.8, 4) is 0 Å². The van der Waals surface area contributed by atoms with Crippen LogP contribution in [0.4, 0.5) is 5.69 Å². The molecule has 0 radical (unpaired) electrons. The number of carbonyl (C=O) groups is 3. The highest BCUT2D eigenvalue weighted by Gasteiger charge is 2.79. The molecule has 174 valence electrons. The number of nitrogens with zero attached hydrogens (tertiary/aromatic N) is 1. The number of aliphatic hydroxyl groups excluding tert-OH is 1. The molecule has 6 atom stereocenters. The smallest absolute Gasteiger partial charge is 0.250 e. The third kappa shape index (κ3) is 3.23. The molecular formula is C23H30ClN3O5. The van der Waals surface area contributed by atoms with Crippen LogP contribution in [0.25, 0.3) is 0 Å². The second-order valence-corrected chi connectivity index (χ2v) is 9.66. The van der Waals surface area contributed by atoms with Gasteiger partial charge in [-0.3, -0.25) is 14.4 Å². The van der Waals surface area contributed by atoms with Crippen molar-refractivity contribution in [3.05, 3.63) is 29.3 Å². The van der Waals surface area contributed by atoms with Gasteiger partial charge in [0.05, 0.1) is 28.1 Å². The van der Waals surface area contributed by atoms with Crippen LogP contribution in [0.5, 0.6) is 0 Å². The number of fused-ring (bicyclic) bond motifs is 1. The van der Waals surface area contributed by atoms with Gasteiger partial charge in [0.1, 0.15) is 11.6 Å². The van der Waals surface area contributed by atoms with E-state index in [9.17, 15) is 19.5 Å². The minimum atomic E-state index is -1.09. The molecule has 8 nitrogen and oxygen atoms in total. The van der Waals surface area contributed by atoms with Crippen molar-refractivity contribution in [3.63, 3.8) is 0 Å². The van der Waals surface area contributed by atoms with Crippen LogP contribution in [0.15, 0.2) is 24.3 Å². The van der Waals surface area contributed by atoms with Gasteiger partial charge >= 0.3 is 0 Å². The monoisotopic (exact) mass is 463 g/mol. The molecule has 3 saturated heterocycles. The number of likely N-dealkylation sites (tertiary alicyclic amines) is 1. The molecule has 3 N–H and O–H groups in total. The fraction of sp³-hybridized carbons (Fsp3) is 0.609. The molecule has 0 saturated carbocycles. The summed E-state index contributed by atoms with van der Waals surface area (Å²) in [6.07, 6.45) is 1.55. The van der Waals surface area contributed by atoms with Crippen molar-refractivity contribution in [2.24, 2.45) is 17.8 Å². The van der Waals surface area contributed by atoms with Gasteiger partial charge in [-0.2, -0.15) is 0 Å². The lowest BCUT2D eigenvalue weighted by molar-refractivity contribution is -0.146. The quantitative estimate of drug-likeness (QED) is 0.534. The van der Waals surface area contributed by atoms with E-state index in [4.69, 9.17) is 16.3 Å². The average molecular weight is 464 g/mol. The second-order valence-electron chi connectivity index (χ2n) is 9.25. The van der Waals surface area contributed by atoms with Gasteiger partial charge in [0.15, 0.2) is 0 Å². The molecule has 3 amide bonds. The van der Waals surface area contributed by atoms with E-state index in [2.05, 4.69) is 10.6 Å². The molecule has 1 aromatic rings. The molecule has 3 heterocycles. The van der Waals surface area contributed by atoms with E-state index in [1.807, 2.05) is 13.8 Å². The number of ether oxygens (including phenoxy) is 1. The number of anilines is 1. The van der Waals surface area contributed by atoms with E-state index in [0.717, 1.165) is 0 Å². The van der Waals surface area contributed by atoms with Crippen molar-refractivity contribution in [2.75, 3.05) is 25.5 Å². The second kappa shape index (κ2) is 8.32. The summed E-state index contributed by atoms with van der Waals surface area (Å²) in [5, 5.41) is 15.2. The summed E-state index contributed by atoms with van der Waals surface area (Å²) in [6, 6.07) is 6.02. The Kier molecular flexibility index (Phi) is 5.98. The summed E-state index contributed by atoms with van der Waals surface area (Å²) in [5.41, 5.74) is -1.47. The number of carbonyl (C=O) groups excluding carboxylic acids is 3. The number of aliphatic hydroxyl groups is 1. The van der Waals surface area contributed by atoms with E-state index < -0.39 is 29.1 Å². The molecule has 32 heavy (non-hydrogen) atoms. The zero-order valence-corrected chi connectivity index (χ0v) is 19.3. The molecular weight excluding hydrogens is 434 g/mol. The lowest BCUT2D eigenvalue weighted by Gasteiger charge is -2.36. The van der Waals surface area contributed by atoms with E-state index in [-0.39, 0.29) is 30.2 Å². The molecule has 3 unspecified atom stereocenters. The lowest BCUT2D eigenvalue weighted by Crippen LogP contribution is -2.54. The molecule has 0 aliphatic carbocycles. The number of unbranched alkanes of at least 4 members (excludes halogenated alkanes) is 1. The van der Waals surface area contributed by atoms with Gasteiger partial charge < -0.3 is 25.4 Å². The molecule has 2 bridgehead atoms. The van der Waals surface area contributed by atoms with Gasteiger partial charge in [-0.25, -0.2) is 0 Å². The fourth-order valence-corrected chi connectivity index (χ4v) is 6.18. The minimum absolute atomic E-state index is 0.000437. The largest absolute Gasteiger partial charge is 0.396 e. The van der Waals surface area contributed by atoms with E-state index in [1.165, 1.54) is 0 Å². The summed E-state index contributed by atoms with van der Waals surface area (Å²) in [4.78, 5) is 41.8. The minimum Gasteiger partial charge on any atom is -0.396 e. The highest BCUT2D eigenvalue weighted by atomic mass is 35.5. The van der Waals surface area contributed by atoms with Crippen LogP contribution < -0.4 is 10.6 Å². The molecule has 0 aromatic heterocycles. The zero-order valence-electron chi connectivity index (χ0n) is 18.6. The number of rotatable bonds is 7. The van der Waals surface area contributed by atoms with Crippen LogP contribution >= 0.6 is 11.6 Å². The maximum absolute atomic E-state index is 13.7. The van der Waals surface area contributed by atoms with Gasteiger partial charge in [0.25, 0.3) is 0 Å². The predicted octanol–water partition coefficient (Wildman–Crippen LogP) is 1.81. The van der Waals surface area contributed by atoms with Crippen LogP contribution in [0, 0.1) is 17.8 Å². The van der Waals surface area contributed by atoms with Crippen molar-refractivity contribution < 1.29 is 24.2 Å². The normalized spacial score (nSPS) is 35.2. The number of hydrogen-bond donors (Lipinski definition) is 3. The summed E-state index contributed by atoms with van der Waals surface area (Å²) < 4.78 is 6.56. The standard InChI is InChI=1S/C23H30ClN3O5/c1-13-12-23-17(16(19(29)25-3)22(13,2)32-23)21(31)27(10-6-7-11-28)18(23)20(30)26-15-9-5-4-8-14(15)24/h4-5,8-9,13,16-18,28H,6-7,10-12H2,1-3H3,(H,25,29)(H,26,30)/t13?,16-,17+,18?,22+,23?/m1/s1. The molecule has 3 fully saturated rings. The number of halogens is 1. The maximum atomic E-state index is 13.7. The number of para-hydroxylation sites is 1. The van der Waals surface area contributed by atoms with E-state index in [0.29, 0.717) is 36.5 Å². The molecule has 3 aliphatic rings. The van der Waals surface area contributed by atoms with Crippen molar-refractivity contribution >= 4 is 35.0 Å². The average Bonchev–Trinajstić information content (AvgIpc) is 3.26. The topological polar surface area (TPSA) is 108 Å². The van der Waals surface area contributed by atoms with Crippen LogP contribution in [-0.4, -0.2) is 65.2 Å². The zero-order chi connectivity index (χ0) is 23.3. The number of amides is 3. The Morgan fingerprint density at radius 3 is 2.66 bits per heavy atom. The Bertz CT molecular complexity index is 942. The summed E-state index contributed by atoms with van der Waals surface area (Å²) in [6.45, 7) is 4.17. The Labute approximate surface area is 192 Å². The Balaban J connectivity index is 1.75. The lowest BCUT2D eigenvalue weighted by atomic mass is 9.62. The Morgan fingerprint density at radius 1 is 1.28 bits per heavy atom. The van der Waals surface area contributed by atoms with Crippen molar-refractivity contribution in [1.82, 2.24) is 10.2 Å². The maximum Gasteiger partial charge on any atom is 0.250 e. The van der Waals surface area contributed by atoms with Gasteiger partial charge in [0.2, 0.25) is 17.7 Å². The van der Waals surface area contributed by atoms with Crippen molar-refractivity contribution in [1.29, 1.82) is 0 Å². The third-order valence-corrected chi connectivity index (χ3v) is 7.86. The SMILES string of the molecule is CNC(=O)[C@H]1[C@H]2C(=O)N(CCCCO)C(C(=O)Nc3ccccc3Cl)C23CC(C)[C@]1(C)O3. The van der Waals surface area contributed by atoms with Crippen LogP contribution in [0.1, 0.15) is 33.1 Å². The number of nitrogens with one attached hydrogen (secondary N) is 2. The highest BCUT2D eigenvalue weighted by Crippen LogP contribution is 2.65. The molecule has 3 aliphatic heterocycles. The summed E-state index contributed by atoms with van der Waals surface area (Å²) >= 11 is 6.25. The van der Waals surface area contributed by atoms with Crippen LogP contribution in [0.2, 0.25) is 5.02 Å². The van der Waals surface area contributed by atoms with Gasteiger partial charge in [-0.15, -0.1) is 0 Å². The third-order valence-electron chi connectivity index (χ3n) is 7.53. The molecule has 4 rings (SSSR count). The van der Waals surface area contributed by atoms with Crippen LogP contribution in [0.3, 0.4) is 0 Å². The first kappa shape index (κ1) is 23.0. The number of benzene rings is 1.